The SMILES string of the molecule is CC(C)C1NC(c2ccsc2)N(CC(C)N(C)C)C1=O. The molecule has 4 nitrogen and oxygen atoms in total. The number of hydrogen-bond donors (Lipinski definition) is 1. The third-order valence-corrected chi connectivity index (χ3v) is 4.77. The summed E-state index contributed by atoms with van der Waals surface area (Å²) in [5.74, 6) is 0.535. The van der Waals surface area contributed by atoms with Crippen LogP contribution >= 0.6 is 11.3 Å². The highest BCUT2D eigenvalue weighted by molar-refractivity contribution is 7.07. The molecule has 112 valence electrons. The number of carbonyl (C=O) groups excluding carboxylic acids is 1. The molecule has 0 aromatic carbocycles. The lowest BCUT2D eigenvalue weighted by Gasteiger charge is -2.29. The maximum absolute atomic E-state index is 12.7. The molecule has 20 heavy (non-hydrogen) atoms. The molecule has 0 saturated carbocycles. The topological polar surface area (TPSA) is 35.6 Å². The molecule has 3 unspecified atom stereocenters. The van der Waals surface area contributed by atoms with Crippen molar-refractivity contribution in [3.8, 4) is 0 Å². The first-order valence-electron chi connectivity index (χ1n) is 7.17. The lowest BCUT2D eigenvalue weighted by molar-refractivity contribution is -0.131. The van der Waals surface area contributed by atoms with Gasteiger partial charge in [-0.3, -0.25) is 10.1 Å². The van der Waals surface area contributed by atoms with Crippen molar-refractivity contribution in [3.05, 3.63) is 22.4 Å². The van der Waals surface area contributed by atoms with E-state index in [-0.39, 0.29) is 18.1 Å². The Bertz CT molecular complexity index is 444. The molecule has 1 saturated heterocycles. The minimum absolute atomic E-state index is 0.0172. The van der Waals surface area contributed by atoms with Crippen molar-refractivity contribution in [2.45, 2.75) is 39.0 Å². The number of thiophene rings is 1. The molecule has 0 bridgehead atoms. The van der Waals surface area contributed by atoms with E-state index in [1.54, 1.807) is 11.3 Å². The Balaban J connectivity index is 2.21. The standard InChI is InChI=1S/C15H25N3OS/c1-10(2)13-15(19)18(8-11(3)17(4)5)14(16-13)12-6-7-20-9-12/h6-7,9-11,13-14,16H,8H2,1-5H3. The summed E-state index contributed by atoms with van der Waals surface area (Å²) in [6, 6.07) is 2.37. The lowest BCUT2D eigenvalue weighted by atomic mass is 10.0. The number of rotatable bonds is 5. The molecule has 1 aromatic heterocycles. The van der Waals surface area contributed by atoms with Gasteiger partial charge in [-0.15, -0.1) is 0 Å². The Labute approximate surface area is 125 Å². The summed E-state index contributed by atoms with van der Waals surface area (Å²) in [7, 11) is 4.11. The molecule has 5 heteroatoms. The number of nitrogens with zero attached hydrogens (tertiary/aromatic N) is 2. The van der Waals surface area contributed by atoms with Crippen LogP contribution in [-0.2, 0) is 4.79 Å². The quantitative estimate of drug-likeness (QED) is 0.904. The van der Waals surface area contributed by atoms with Crippen LogP contribution in [0.3, 0.4) is 0 Å². The highest BCUT2D eigenvalue weighted by Crippen LogP contribution is 2.29. The van der Waals surface area contributed by atoms with Crippen molar-refractivity contribution < 1.29 is 4.79 Å². The summed E-state index contributed by atoms with van der Waals surface area (Å²) in [5.41, 5.74) is 1.19. The van der Waals surface area contributed by atoms with E-state index in [0.717, 1.165) is 6.54 Å². The normalized spacial score (nSPS) is 24.9. The zero-order valence-corrected chi connectivity index (χ0v) is 13.8. The summed E-state index contributed by atoms with van der Waals surface area (Å²) in [5, 5.41) is 7.69. The summed E-state index contributed by atoms with van der Waals surface area (Å²) in [4.78, 5) is 16.8. The molecule has 1 amide bonds. The van der Waals surface area contributed by atoms with Gasteiger partial charge in [0.25, 0.3) is 0 Å². The third-order valence-electron chi connectivity index (χ3n) is 4.07. The van der Waals surface area contributed by atoms with E-state index in [4.69, 9.17) is 0 Å². The van der Waals surface area contributed by atoms with Crippen molar-refractivity contribution in [1.29, 1.82) is 0 Å². The van der Waals surface area contributed by atoms with Gasteiger partial charge in [0, 0.05) is 12.6 Å². The Morgan fingerprint density at radius 2 is 2.10 bits per heavy atom. The number of amides is 1. The van der Waals surface area contributed by atoms with Crippen molar-refractivity contribution in [2.24, 2.45) is 5.92 Å². The molecule has 0 radical (unpaired) electrons. The molecule has 3 atom stereocenters. The average molecular weight is 295 g/mol. The fourth-order valence-corrected chi connectivity index (χ4v) is 3.14. The van der Waals surface area contributed by atoms with Crippen LogP contribution < -0.4 is 5.32 Å². The smallest absolute Gasteiger partial charge is 0.241 e. The van der Waals surface area contributed by atoms with E-state index >= 15 is 0 Å². The number of hydrogen-bond acceptors (Lipinski definition) is 4. The Hall–Kier alpha value is -0.910. The predicted molar refractivity (Wildman–Crippen MR) is 83.7 cm³/mol. The molecule has 2 rings (SSSR count). The number of likely N-dealkylation sites (N-methyl/N-ethyl adjacent to an activating group) is 1. The third kappa shape index (κ3) is 3.05. The van der Waals surface area contributed by atoms with Gasteiger partial charge in [0.2, 0.25) is 5.91 Å². The molecule has 2 heterocycles. The minimum atomic E-state index is -0.0748. The summed E-state index contributed by atoms with van der Waals surface area (Å²) in [6.07, 6.45) is 0.0172. The van der Waals surface area contributed by atoms with Gasteiger partial charge in [0.05, 0.1) is 6.04 Å². The fourth-order valence-electron chi connectivity index (χ4n) is 2.46. The largest absolute Gasteiger partial charge is 0.320 e. The molecule has 1 N–H and O–H groups in total. The van der Waals surface area contributed by atoms with Crippen LogP contribution in [0.5, 0.6) is 0 Å². The highest BCUT2D eigenvalue weighted by atomic mass is 32.1. The monoisotopic (exact) mass is 295 g/mol. The van der Waals surface area contributed by atoms with Gasteiger partial charge in [0.15, 0.2) is 0 Å². The van der Waals surface area contributed by atoms with E-state index in [9.17, 15) is 4.79 Å². The molecule has 1 aliphatic heterocycles. The van der Waals surface area contributed by atoms with Gasteiger partial charge in [-0.2, -0.15) is 11.3 Å². The average Bonchev–Trinajstić information content (AvgIpc) is 2.98. The second kappa shape index (κ2) is 6.24. The van der Waals surface area contributed by atoms with E-state index in [1.807, 2.05) is 4.90 Å². The second-order valence-corrected chi connectivity index (χ2v) is 6.93. The van der Waals surface area contributed by atoms with Crippen LogP contribution in [-0.4, -0.2) is 48.4 Å². The lowest BCUT2D eigenvalue weighted by Crippen LogP contribution is -2.42. The first-order valence-corrected chi connectivity index (χ1v) is 8.11. The van der Waals surface area contributed by atoms with Crippen LogP contribution in [0, 0.1) is 5.92 Å². The maximum atomic E-state index is 12.7. The van der Waals surface area contributed by atoms with Gasteiger partial charge in [-0.25, -0.2) is 0 Å². The maximum Gasteiger partial charge on any atom is 0.241 e. The summed E-state index contributed by atoms with van der Waals surface area (Å²) >= 11 is 1.68. The van der Waals surface area contributed by atoms with E-state index < -0.39 is 0 Å². The molecule has 1 aliphatic rings. The van der Waals surface area contributed by atoms with Crippen LogP contribution in [0.15, 0.2) is 16.8 Å². The van der Waals surface area contributed by atoms with Crippen LogP contribution in [0.25, 0.3) is 0 Å². The Morgan fingerprint density at radius 3 is 2.60 bits per heavy atom. The molecule has 1 fully saturated rings. The number of carbonyl (C=O) groups is 1. The van der Waals surface area contributed by atoms with Gasteiger partial charge >= 0.3 is 0 Å². The summed E-state index contributed by atoms with van der Waals surface area (Å²) < 4.78 is 0. The van der Waals surface area contributed by atoms with E-state index in [1.165, 1.54) is 5.56 Å². The van der Waals surface area contributed by atoms with Crippen LogP contribution in [0.4, 0.5) is 0 Å². The zero-order chi connectivity index (χ0) is 14.9. The predicted octanol–water partition coefficient (Wildman–Crippen LogP) is 2.15. The summed E-state index contributed by atoms with van der Waals surface area (Å²) in [6.45, 7) is 7.10. The van der Waals surface area contributed by atoms with Crippen molar-refractivity contribution in [2.75, 3.05) is 20.6 Å². The molecule has 0 aliphatic carbocycles. The van der Waals surface area contributed by atoms with Crippen molar-refractivity contribution in [3.63, 3.8) is 0 Å². The molecular weight excluding hydrogens is 270 g/mol. The van der Waals surface area contributed by atoms with Gasteiger partial charge in [-0.05, 0) is 49.3 Å². The van der Waals surface area contributed by atoms with Crippen LogP contribution in [0.1, 0.15) is 32.5 Å². The highest BCUT2D eigenvalue weighted by Gasteiger charge is 2.41. The van der Waals surface area contributed by atoms with Gasteiger partial charge < -0.3 is 9.80 Å². The van der Waals surface area contributed by atoms with Crippen molar-refractivity contribution in [1.82, 2.24) is 15.1 Å². The Kier molecular flexibility index (Phi) is 4.83. The molecular formula is C15H25N3OS. The Morgan fingerprint density at radius 1 is 1.40 bits per heavy atom. The van der Waals surface area contributed by atoms with E-state index in [0.29, 0.717) is 12.0 Å². The first kappa shape index (κ1) is 15.5. The van der Waals surface area contributed by atoms with E-state index in [2.05, 4.69) is 61.9 Å². The molecule has 1 aromatic rings. The van der Waals surface area contributed by atoms with Gasteiger partial charge in [-0.1, -0.05) is 13.8 Å². The zero-order valence-electron chi connectivity index (χ0n) is 13.0. The van der Waals surface area contributed by atoms with Crippen LogP contribution in [0.2, 0.25) is 0 Å². The number of nitrogens with one attached hydrogen (secondary N) is 1. The minimum Gasteiger partial charge on any atom is -0.320 e. The molecule has 0 spiro atoms. The van der Waals surface area contributed by atoms with Crippen molar-refractivity contribution >= 4 is 17.2 Å². The first-order chi connectivity index (χ1) is 9.41. The second-order valence-electron chi connectivity index (χ2n) is 6.15. The fraction of sp³-hybridized carbons (Fsp3) is 0.667. The van der Waals surface area contributed by atoms with Gasteiger partial charge in [0.1, 0.15) is 6.17 Å².